The minimum atomic E-state index is -0.962. The number of rotatable bonds is 4. The number of benzene rings is 1. The molecule has 0 saturated heterocycles. The van der Waals surface area contributed by atoms with Crippen LogP contribution < -0.4 is 4.90 Å². The molecule has 21 heavy (non-hydrogen) atoms. The molecule has 1 aromatic carbocycles. The number of hydrogen-bond donors (Lipinski definition) is 1. The molecule has 2 heterocycles. The summed E-state index contributed by atoms with van der Waals surface area (Å²) in [6, 6.07) is 10.4. The number of aromatic nitrogens is 2. The van der Waals surface area contributed by atoms with Gasteiger partial charge in [0.25, 0.3) is 0 Å². The summed E-state index contributed by atoms with van der Waals surface area (Å²) in [4.78, 5) is 21.5. The first-order valence-corrected chi connectivity index (χ1v) is 7.13. The van der Waals surface area contributed by atoms with E-state index in [1.165, 1.54) is 0 Å². The molecule has 0 amide bonds. The van der Waals surface area contributed by atoms with Crippen molar-refractivity contribution < 1.29 is 9.90 Å². The molecule has 2 aromatic heterocycles. The zero-order chi connectivity index (χ0) is 14.7. The Morgan fingerprint density at radius 1 is 1.10 bits per heavy atom. The molecule has 0 atom stereocenters. The first-order chi connectivity index (χ1) is 10.3. The Morgan fingerprint density at radius 2 is 1.90 bits per heavy atom. The van der Waals surface area contributed by atoms with Crippen molar-refractivity contribution in [3.63, 3.8) is 0 Å². The van der Waals surface area contributed by atoms with Gasteiger partial charge in [-0.15, -0.1) is 0 Å². The predicted molar refractivity (Wildman–Crippen MR) is 81.6 cm³/mol. The Morgan fingerprint density at radius 3 is 2.57 bits per heavy atom. The molecule has 0 fully saturated rings. The van der Waals surface area contributed by atoms with Gasteiger partial charge in [0.15, 0.2) is 0 Å². The molecule has 0 aliphatic carbocycles. The van der Waals surface area contributed by atoms with Gasteiger partial charge in [0, 0.05) is 23.5 Å². The zero-order valence-corrected chi connectivity index (χ0v) is 11.7. The number of nitrogens with zero attached hydrogens (tertiary/aromatic N) is 3. The zero-order valence-electron chi connectivity index (χ0n) is 10.9. The molecule has 5 nitrogen and oxygen atoms in total. The van der Waals surface area contributed by atoms with Crippen molar-refractivity contribution in [3.05, 3.63) is 65.1 Å². The molecule has 104 valence electrons. The van der Waals surface area contributed by atoms with Gasteiger partial charge in [-0.25, -0.2) is 14.8 Å². The van der Waals surface area contributed by atoms with E-state index in [1.54, 1.807) is 48.0 Å². The predicted octanol–water partition coefficient (Wildman–Crippen LogP) is 3.71. The number of aromatic carboxylic acids is 1. The van der Waals surface area contributed by atoms with E-state index in [9.17, 15) is 4.79 Å². The summed E-state index contributed by atoms with van der Waals surface area (Å²) >= 11 is 1.55. The maximum absolute atomic E-state index is 11.2. The quantitative estimate of drug-likeness (QED) is 0.795. The lowest BCUT2D eigenvalue weighted by atomic mass is 10.2. The van der Waals surface area contributed by atoms with Crippen LogP contribution in [0.3, 0.4) is 0 Å². The largest absolute Gasteiger partial charge is 0.478 e. The minimum absolute atomic E-state index is 0.226. The van der Waals surface area contributed by atoms with Crippen LogP contribution in [0.2, 0.25) is 0 Å². The van der Waals surface area contributed by atoms with Gasteiger partial charge in [-0.2, -0.15) is 11.3 Å². The Bertz CT molecular complexity index is 745. The highest BCUT2D eigenvalue weighted by Crippen LogP contribution is 2.33. The van der Waals surface area contributed by atoms with Gasteiger partial charge in [-0.05, 0) is 35.7 Å². The fourth-order valence-electron chi connectivity index (χ4n) is 1.95. The highest BCUT2D eigenvalue weighted by atomic mass is 32.1. The van der Waals surface area contributed by atoms with Crippen LogP contribution in [-0.4, -0.2) is 21.0 Å². The van der Waals surface area contributed by atoms with Gasteiger partial charge in [0.05, 0.1) is 11.3 Å². The van der Waals surface area contributed by atoms with E-state index in [0.29, 0.717) is 11.6 Å². The van der Waals surface area contributed by atoms with Gasteiger partial charge in [-0.1, -0.05) is 6.07 Å². The first kappa shape index (κ1) is 13.3. The van der Waals surface area contributed by atoms with E-state index in [0.717, 1.165) is 5.69 Å². The molecule has 0 aliphatic heterocycles. The number of carboxylic acid groups (broad SMARTS) is 1. The molecule has 6 heteroatoms. The lowest BCUT2D eigenvalue weighted by molar-refractivity contribution is 0.0697. The topological polar surface area (TPSA) is 66.3 Å². The monoisotopic (exact) mass is 297 g/mol. The lowest BCUT2D eigenvalue weighted by Crippen LogP contribution is -2.13. The average molecular weight is 297 g/mol. The van der Waals surface area contributed by atoms with Crippen molar-refractivity contribution in [2.24, 2.45) is 0 Å². The third-order valence-corrected chi connectivity index (χ3v) is 3.54. The standard InChI is InChI=1S/C15H11N3O2S/c19-14(20)11-3-1-4-12(9-11)18(13-5-8-21-10-13)15-16-6-2-7-17-15/h1-10H,(H,19,20). The fourth-order valence-corrected chi connectivity index (χ4v) is 2.57. The molecule has 0 bridgehead atoms. The number of thiophene rings is 1. The fraction of sp³-hybridized carbons (Fsp3) is 0. The van der Waals surface area contributed by atoms with E-state index in [1.807, 2.05) is 27.8 Å². The van der Waals surface area contributed by atoms with Gasteiger partial charge in [0.1, 0.15) is 0 Å². The van der Waals surface area contributed by atoms with Crippen LogP contribution >= 0.6 is 11.3 Å². The maximum Gasteiger partial charge on any atom is 0.335 e. The van der Waals surface area contributed by atoms with E-state index in [4.69, 9.17) is 5.11 Å². The molecule has 3 rings (SSSR count). The lowest BCUT2D eigenvalue weighted by Gasteiger charge is -2.21. The number of anilines is 3. The molecule has 0 aliphatic rings. The summed E-state index contributed by atoms with van der Waals surface area (Å²) in [5.41, 5.74) is 1.83. The smallest absolute Gasteiger partial charge is 0.335 e. The molecule has 0 spiro atoms. The number of carbonyl (C=O) groups is 1. The Kier molecular flexibility index (Phi) is 3.61. The second-order valence-electron chi connectivity index (χ2n) is 4.22. The molecular formula is C15H11N3O2S. The summed E-state index contributed by atoms with van der Waals surface area (Å²) in [6.45, 7) is 0. The molecule has 3 aromatic rings. The van der Waals surface area contributed by atoms with Crippen LogP contribution in [0, 0.1) is 0 Å². The van der Waals surface area contributed by atoms with Crippen molar-refractivity contribution in [1.29, 1.82) is 0 Å². The first-order valence-electron chi connectivity index (χ1n) is 6.18. The summed E-state index contributed by atoms with van der Waals surface area (Å²) in [5, 5.41) is 13.1. The van der Waals surface area contributed by atoms with Gasteiger partial charge >= 0.3 is 5.97 Å². The van der Waals surface area contributed by atoms with Gasteiger partial charge in [0.2, 0.25) is 5.95 Å². The summed E-state index contributed by atoms with van der Waals surface area (Å²) in [6.07, 6.45) is 3.31. The van der Waals surface area contributed by atoms with Crippen molar-refractivity contribution in [2.75, 3.05) is 4.90 Å². The van der Waals surface area contributed by atoms with Crippen molar-refractivity contribution in [2.45, 2.75) is 0 Å². The maximum atomic E-state index is 11.2. The van der Waals surface area contributed by atoms with Crippen LogP contribution in [-0.2, 0) is 0 Å². The molecule has 0 saturated carbocycles. The van der Waals surface area contributed by atoms with Gasteiger partial charge in [-0.3, -0.25) is 4.90 Å². The molecule has 0 radical (unpaired) electrons. The third-order valence-electron chi connectivity index (χ3n) is 2.87. The van der Waals surface area contributed by atoms with E-state index in [-0.39, 0.29) is 5.56 Å². The van der Waals surface area contributed by atoms with Crippen LogP contribution in [0.4, 0.5) is 17.3 Å². The average Bonchev–Trinajstić information content (AvgIpc) is 3.03. The molecular weight excluding hydrogens is 286 g/mol. The van der Waals surface area contributed by atoms with Crippen LogP contribution in [0.5, 0.6) is 0 Å². The van der Waals surface area contributed by atoms with Crippen molar-refractivity contribution in [3.8, 4) is 0 Å². The highest BCUT2D eigenvalue weighted by Gasteiger charge is 2.16. The Labute approximate surface area is 125 Å². The van der Waals surface area contributed by atoms with E-state index >= 15 is 0 Å². The second-order valence-corrected chi connectivity index (χ2v) is 5.00. The Balaban J connectivity index is 2.12. The van der Waals surface area contributed by atoms with Gasteiger partial charge < -0.3 is 5.11 Å². The van der Waals surface area contributed by atoms with Crippen LogP contribution in [0.15, 0.2) is 59.6 Å². The Hall–Kier alpha value is -2.73. The SMILES string of the molecule is O=C(O)c1cccc(N(c2ccsc2)c2ncccn2)c1. The summed E-state index contributed by atoms with van der Waals surface area (Å²) in [7, 11) is 0. The normalized spacial score (nSPS) is 10.3. The summed E-state index contributed by atoms with van der Waals surface area (Å²) in [5.74, 6) is -0.463. The van der Waals surface area contributed by atoms with Crippen molar-refractivity contribution in [1.82, 2.24) is 9.97 Å². The second kappa shape index (κ2) is 5.72. The van der Waals surface area contributed by atoms with Crippen molar-refractivity contribution >= 4 is 34.6 Å². The highest BCUT2D eigenvalue weighted by molar-refractivity contribution is 7.08. The van der Waals surface area contributed by atoms with Crippen LogP contribution in [0.1, 0.15) is 10.4 Å². The van der Waals surface area contributed by atoms with E-state index in [2.05, 4.69) is 9.97 Å². The summed E-state index contributed by atoms with van der Waals surface area (Å²) < 4.78 is 0. The van der Waals surface area contributed by atoms with Crippen LogP contribution in [0.25, 0.3) is 0 Å². The van der Waals surface area contributed by atoms with E-state index < -0.39 is 5.97 Å². The number of carboxylic acids is 1. The molecule has 0 unspecified atom stereocenters. The third kappa shape index (κ3) is 2.75. The number of hydrogen-bond acceptors (Lipinski definition) is 5. The minimum Gasteiger partial charge on any atom is -0.478 e. The molecule has 1 N–H and O–H groups in total.